The number of aryl methyl sites for hydroxylation is 1. The van der Waals surface area contributed by atoms with E-state index in [2.05, 4.69) is 61.3 Å². The number of piperidine rings is 1. The van der Waals surface area contributed by atoms with E-state index >= 15 is 0 Å². The SMILES string of the molecule is Cc1cc(N2CCCCC2c2cc3ccccc3[nH]2)n2ncnc2n1. The van der Waals surface area contributed by atoms with E-state index < -0.39 is 0 Å². The van der Waals surface area contributed by atoms with Gasteiger partial charge in [-0.05, 0) is 43.7 Å². The predicted octanol–water partition coefficient (Wildman–Crippen LogP) is 3.65. The highest BCUT2D eigenvalue weighted by Crippen LogP contribution is 2.35. The lowest BCUT2D eigenvalue weighted by atomic mass is 9.99. The van der Waals surface area contributed by atoms with Crippen molar-refractivity contribution >= 4 is 22.5 Å². The molecule has 1 atom stereocenters. The summed E-state index contributed by atoms with van der Waals surface area (Å²) in [6.45, 7) is 3.03. The van der Waals surface area contributed by atoms with E-state index in [-0.39, 0.29) is 0 Å². The third-order valence-corrected chi connectivity index (χ3v) is 5.07. The Bertz CT molecular complexity index is 1010. The fraction of sp³-hybridized carbons (Fsp3) is 0.316. The number of fused-ring (bicyclic) bond motifs is 2. The molecule has 1 unspecified atom stereocenters. The summed E-state index contributed by atoms with van der Waals surface area (Å²) < 4.78 is 1.86. The van der Waals surface area contributed by atoms with Crippen LogP contribution in [0.1, 0.15) is 36.7 Å². The summed E-state index contributed by atoms with van der Waals surface area (Å²) in [5, 5.41) is 5.66. The molecule has 5 rings (SSSR count). The molecule has 25 heavy (non-hydrogen) atoms. The summed E-state index contributed by atoms with van der Waals surface area (Å²) in [5.41, 5.74) is 3.43. The molecule has 126 valence electrons. The van der Waals surface area contributed by atoms with E-state index in [1.54, 1.807) is 6.33 Å². The average Bonchev–Trinajstić information content (AvgIpc) is 3.27. The lowest BCUT2D eigenvalue weighted by Crippen LogP contribution is -2.35. The van der Waals surface area contributed by atoms with Crippen LogP contribution in [0.4, 0.5) is 5.82 Å². The number of anilines is 1. The number of rotatable bonds is 2. The maximum Gasteiger partial charge on any atom is 0.254 e. The fourth-order valence-corrected chi connectivity index (χ4v) is 3.92. The Morgan fingerprint density at radius 2 is 2.08 bits per heavy atom. The van der Waals surface area contributed by atoms with Gasteiger partial charge in [0.1, 0.15) is 12.1 Å². The molecule has 1 fully saturated rings. The molecule has 0 spiro atoms. The Labute approximate surface area is 145 Å². The third-order valence-electron chi connectivity index (χ3n) is 5.07. The second-order valence-electron chi connectivity index (χ2n) is 6.74. The normalized spacial score (nSPS) is 18.3. The van der Waals surface area contributed by atoms with E-state index in [0.717, 1.165) is 24.5 Å². The van der Waals surface area contributed by atoms with Gasteiger partial charge in [0.2, 0.25) is 0 Å². The first-order valence-electron chi connectivity index (χ1n) is 8.81. The highest BCUT2D eigenvalue weighted by atomic mass is 15.4. The summed E-state index contributed by atoms with van der Waals surface area (Å²) in [6, 6.07) is 13.2. The summed E-state index contributed by atoms with van der Waals surface area (Å²) in [4.78, 5) is 14.8. The average molecular weight is 332 g/mol. The Kier molecular flexibility index (Phi) is 3.23. The van der Waals surface area contributed by atoms with Crippen molar-refractivity contribution in [3.8, 4) is 0 Å². The zero-order chi connectivity index (χ0) is 16.8. The molecule has 4 heterocycles. The van der Waals surface area contributed by atoms with Crippen LogP contribution in [0.3, 0.4) is 0 Å². The van der Waals surface area contributed by atoms with Gasteiger partial charge in [-0.3, -0.25) is 0 Å². The number of benzene rings is 1. The number of nitrogens with one attached hydrogen (secondary N) is 1. The van der Waals surface area contributed by atoms with Crippen molar-refractivity contribution in [2.24, 2.45) is 0 Å². The molecule has 0 aliphatic carbocycles. The second kappa shape index (κ2) is 5.58. The maximum absolute atomic E-state index is 4.48. The quantitative estimate of drug-likeness (QED) is 0.609. The van der Waals surface area contributed by atoms with E-state index in [1.807, 2.05) is 11.4 Å². The van der Waals surface area contributed by atoms with Crippen LogP contribution in [0.15, 0.2) is 42.7 Å². The molecule has 1 saturated heterocycles. The molecule has 4 aromatic rings. The van der Waals surface area contributed by atoms with Gasteiger partial charge < -0.3 is 9.88 Å². The van der Waals surface area contributed by atoms with Crippen LogP contribution in [0, 0.1) is 6.92 Å². The number of nitrogens with zero attached hydrogens (tertiary/aromatic N) is 5. The molecule has 1 aliphatic heterocycles. The van der Waals surface area contributed by atoms with Crippen molar-refractivity contribution in [2.45, 2.75) is 32.2 Å². The molecule has 0 amide bonds. The predicted molar refractivity (Wildman–Crippen MR) is 97.8 cm³/mol. The molecule has 0 bridgehead atoms. The maximum atomic E-state index is 4.48. The van der Waals surface area contributed by atoms with Gasteiger partial charge in [0.05, 0.1) is 6.04 Å². The first-order valence-corrected chi connectivity index (χ1v) is 8.81. The van der Waals surface area contributed by atoms with Gasteiger partial charge >= 0.3 is 0 Å². The Morgan fingerprint density at radius 3 is 3.00 bits per heavy atom. The van der Waals surface area contributed by atoms with Crippen molar-refractivity contribution < 1.29 is 0 Å². The molecule has 3 aromatic heterocycles. The third kappa shape index (κ3) is 2.36. The molecule has 1 aliphatic rings. The van der Waals surface area contributed by atoms with Gasteiger partial charge in [0, 0.05) is 29.5 Å². The smallest absolute Gasteiger partial charge is 0.254 e. The molecular formula is C19H20N6. The lowest BCUT2D eigenvalue weighted by Gasteiger charge is -2.37. The van der Waals surface area contributed by atoms with Crippen LogP contribution in [-0.4, -0.2) is 31.1 Å². The number of hydrogen-bond donors (Lipinski definition) is 1. The van der Waals surface area contributed by atoms with Gasteiger partial charge in [-0.2, -0.15) is 14.6 Å². The zero-order valence-electron chi connectivity index (χ0n) is 14.2. The van der Waals surface area contributed by atoms with Crippen molar-refractivity contribution in [1.29, 1.82) is 0 Å². The highest BCUT2D eigenvalue weighted by molar-refractivity contribution is 5.80. The minimum atomic E-state index is 0.315. The first-order chi connectivity index (χ1) is 12.3. The van der Waals surface area contributed by atoms with Crippen molar-refractivity contribution in [3.63, 3.8) is 0 Å². The topological polar surface area (TPSA) is 62.1 Å². The van der Waals surface area contributed by atoms with Crippen LogP contribution < -0.4 is 4.90 Å². The van der Waals surface area contributed by atoms with Gasteiger partial charge in [0.15, 0.2) is 0 Å². The van der Waals surface area contributed by atoms with Crippen LogP contribution in [-0.2, 0) is 0 Å². The number of para-hydroxylation sites is 1. The Hall–Kier alpha value is -2.89. The number of hydrogen-bond acceptors (Lipinski definition) is 4. The monoisotopic (exact) mass is 332 g/mol. The van der Waals surface area contributed by atoms with Crippen LogP contribution >= 0.6 is 0 Å². The van der Waals surface area contributed by atoms with Crippen LogP contribution in [0.5, 0.6) is 0 Å². The van der Waals surface area contributed by atoms with Crippen molar-refractivity contribution in [1.82, 2.24) is 24.6 Å². The van der Waals surface area contributed by atoms with Gasteiger partial charge in [-0.15, -0.1) is 0 Å². The van der Waals surface area contributed by atoms with Crippen LogP contribution in [0.2, 0.25) is 0 Å². The van der Waals surface area contributed by atoms with E-state index in [1.165, 1.54) is 29.4 Å². The second-order valence-corrected chi connectivity index (χ2v) is 6.74. The first kappa shape index (κ1) is 14.5. The minimum absolute atomic E-state index is 0.315. The summed E-state index contributed by atoms with van der Waals surface area (Å²) in [5.74, 6) is 1.74. The number of aromatic amines is 1. The molecular weight excluding hydrogens is 312 g/mol. The van der Waals surface area contributed by atoms with E-state index in [4.69, 9.17) is 0 Å². The molecule has 6 nitrogen and oxygen atoms in total. The molecule has 6 heteroatoms. The lowest BCUT2D eigenvalue weighted by molar-refractivity contribution is 0.460. The van der Waals surface area contributed by atoms with Gasteiger partial charge in [-0.25, -0.2) is 4.98 Å². The fourth-order valence-electron chi connectivity index (χ4n) is 3.92. The molecule has 1 N–H and O–H groups in total. The zero-order valence-corrected chi connectivity index (χ0v) is 14.2. The van der Waals surface area contributed by atoms with Crippen LogP contribution in [0.25, 0.3) is 16.7 Å². The molecule has 0 saturated carbocycles. The Morgan fingerprint density at radius 1 is 1.16 bits per heavy atom. The van der Waals surface area contributed by atoms with Crippen molar-refractivity contribution in [2.75, 3.05) is 11.4 Å². The highest BCUT2D eigenvalue weighted by Gasteiger charge is 2.28. The Balaban J connectivity index is 1.63. The largest absolute Gasteiger partial charge is 0.357 e. The van der Waals surface area contributed by atoms with Crippen molar-refractivity contribution in [3.05, 3.63) is 54.1 Å². The molecule has 0 radical (unpaired) electrons. The molecule has 1 aromatic carbocycles. The summed E-state index contributed by atoms with van der Waals surface area (Å²) in [6.07, 6.45) is 5.13. The van der Waals surface area contributed by atoms with E-state index in [0.29, 0.717) is 11.8 Å². The summed E-state index contributed by atoms with van der Waals surface area (Å²) in [7, 11) is 0. The van der Waals surface area contributed by atoms with E-state index in [9.17, 15) is 0 Å². The summed E-state index contributed by atoms with van der Waals surface area (Å²) >= 11 is 0. The van der Waals surface area contributed by atoms with Gasteiger partial charge in [0.25, 0.3) is 5.78 Å². The minimum Gasteiger partial charge on any atom is -0.357 e. The standard InChI is InChI=1S/C19H20N6/c1-13-10-18(25-19(22-13)20-12-21-25)24-9-5-4-8-17(24)16-11-14-6-2-3-7-15(14)23-16/h2-3,6-7,10-12,17,23H,4-5,8-9H2,1H3. The van der Waals surface area contributed by atoms with Gasteiger partial charge in [-0.1, -0.05) is 18.2 Å². The number of aromatic nitrogens is 5. The number of H-pyrrole nitrogens is 1.